The van der Waals surface area contributed by atoms with Crippen molar-refractivity contribution in [3.05, 3.63) is 191 Å². The molecule has 0 spiro atoms. The molecule has 2 heterocycles. The van der Waals surface area contributed by atoms with Gasteiger partial charge in [0.15, 0.2) is 0 Å². The number of furan rings is 1. The standard InChI is InChI=1S/C47H28O2/c1-2-13-32(14-3-1)47(40-20-10-18-37-35-16-5-7-21-42(35)49-46(37)40)39-19-6-4-15-33(39)34-25-23-31(28-41(34)47)30-24-26-43-38(27-30)36-17-8-11-29-12-9-22-44(48-43)45(29)36/h1-28H/i1D,2D,3D,4D,5D,6D,7D,8D,9D,10D,11D,12D,13D,14D,15D,16D,17D,18D,19D,20D,21D,22D,23D,24D,25D,26D,27D,28D. The Balaban J connectivity index is 1.44. The van der Waals surface area contributed by atoms with Gasteiger partial charge in [0.1, 0.15) is 22.7 Å². The molecule has 9 aromatic rings. The summed E-state index contributed by atoms with van der Waals surface area (Å²) in [4.78, 5) is 0. The van der Waals surface area contributed by atoms with Crippen LogP contribution in [0.15, 0.2) is 174 Å². The summed E-state index contributed by atoms with van der Waals surface area (Å²) >= 11 is 0. The minimum Gasteiger partial charge on any atom is -0.456 e. The highest BCUT2D eigenvalue weighted by Crippen LogP contribution is 2.58. The van der Waals surface area contributed by atoms with Crippen molar-refractivity contribution in [2.24, 2.45) is 0 Å². The van der Waals surface area contributed by atoms with E-state index in [1.807, 2.05) is 0 Å². The van der Waals surface area contributed by atoms with Gasteiger partial charge >= 0.3 is 0 Å². The summed E-state index contributed by atoms with van der Waals surface area (Å²) in [6.07, 6.45) is 0. The van der Waals surface area contributed by atoms with Gasteiger partial charge in [-0.15, -0.1) is 0 Å². The van der Waals surface area contributed by atoms with Crippen LogP contribution in [-0.4, -0.2) is 0 Å². The Bertz CT molecular complexity index is 4370. The third kappa shape index (κ3) is 3.55. The van der Waals surface area contributed by atoms with E-state index in [9.17, 15) is 17.8 Å². The lowest BCUT2D eigenvalue weighted by Crippen LogP contribution is -2.28. The summed E-state index contributed by atoms with van der Waals surface area (Å²) < 4.78 is 269. The second-order valence-electron chi connectivity index (χ2n) is 11.0. The number of hydrogen-bond donors (Lipinski definition) is 0. The largest absolute Gasteiger partial charge is 0.456 e. The van der Waals surface area contributed by atoms with Crippen molar-refractivity contribution in [2.45, 2.75) is 5.41 Å². The van der Waals surface area contributed by atoms with Crippen LogP contribution < -0.4 is 4.74 Å². The molecule has 228 valence electrons. The van der Waals surface area contributed by atoms with Gasteiger partial charge in [-0.2, -0.15) is 0 Å². The van der Waals surface area contributed by atoms with E-state index in [1.165, 1.54) is 0 Å². The number of benzene rings is 8. The molecule has 11 rings (SSSR count). The molecule has 1 aliphatic heterocycles. The molecule has 0 fully saturated rings. The topological polar surface area (TPSA) is 22.4 Å². The summed E-state index contributed by atoms with van der Waals surface area (Å²) in [6, 6.07) is -27.6. The molecule has 2 heteroatoms. The van der Waals surface area contributed by atoms with Crippen LogP contribution in [-0.2, 0) is 5.41 Å². The quantitative estimate of drug-likeness (QED) is 0.189. The van der Waals surface area contributed by atoms with Crippen LogP contribution in [0, 0.1) is 0 Å². The maximum Gasteiger partial charge on any atom is 0.140 e. The molecule has 49 heavy (non-hydrogen) atoms. The third-order valence-corrected chi connectivity index (χ3v) is 8.63. The van der Waals surface area contributed by atoms with Crippen LogP contribution in [0.2, 0.25) is 0 Å². The maximum absolute atomic E-state index is 10.4. The van der Waals surface area contributed by atoms with Crippen molar-refractivity contribution in [1.29, 1.82) is 0 Å². The van der Waals surface area contributed by atoms with Crippen LogP contribution in [0.4, 0.5) is 0 Å². The zero-order chi connectivity index (χ0) is 56.5. The molecule has 0 amide bonds. The van der Waals surface area contributed by atoms with E-state index < -0.39 is 269 Å². The third-order valence-electron chi connectivity index (χ3n) is 8.63. The van der Waals surface area contributed by atoms with E-state index >= 15 is 0 Å². The first-order valence-electron chi connectivity index (χ1n) is 28.6. The molecule has 2 aliphatic rings. The summed E-state index contributed by atoms with van der Waals surface area (Å²) in [5.74, 6) is -1.29. The number of rotatable bonds is 3. The van der Waals surface area contributed by atoms with Crippen molar-refractivity contribution < 1.29 is 47.5 Å². The van der Waals surface area contributed by atoms with Crippen molar-refractivity contribution >= 4 is 32.7 Å². The molecule has 0 radical (unpaired) electrons. The van der Waals surface area contributed by atoms with E-state index in [0.717, 1.165) is 0 Å². The number of ether oxygens (including phenoxy) is 1. The van der Waals surface area contributed by atoms with E-state index in [1.54, 1.807) is 0 Å². The molecular formula is C47H28O2. The number of para-hydroxylation sites is 2. The molecule has 0 bridgehead atoms. The predicted molar refractivity (Wildman–Crippen MR) is 199 cm³/mol. The van der Waals surface area contributed by atoms with E-state index in [2.05, 4.69) is 0 Å². The van der Waals surface area contributed by atoms with Gasteiger partial charge in [0.05, 0.1) is 43.8 Å². The van der Waals surface area contributed by atoms with Crippen LogP contribution >= 0.6 is 0 Å². The fraction of sp³-hybridized carbons (Fsp3) is 0.0213. The van der Waals surface area contributed by atoms with Gasteiger partial charge in [-0.25, -0.2) is 0 Å². The summed E-state index contributed by atoms with van der Waals surface area (Å²) in [5, 5.41) is -2.07. The molecule has 0 saturated carbocycles. The lowest BCUT2D eigenvalue weighted by Gasteiger charge is -2.34. The molecule has 1 aromatic heterocycles. The average Bonchev–Trinajstić information content (AvgIpc) is 4.19. The number of fused-ring (bicyclic) bond motifs is 8. The Morgan fingerprint density at radius 3 is 2.08 bits per heavy atom. The van der Waals surface area contributed by atoms with Crippen LogP contribution in [0.1, 0.15) is 60.6 Å². The van der Waals surface area contributed by atoms with Crippen molar-refractivity contribution in [2.75, 3.05) is 0 Å². The molecule has 0 N–H and O–H groups in total. The monoisotopic (exact) mass is 652 g/mol. The maximum atomic E-state index is 10.4. The van der Waals surface area contributed by atoms with Gasteiger partial charge in [-0.1, -0.05) is 139 Å². The van der Waals surface area contributed by atoms with Crippen LogP contribution in [0.25, 0.3) is 66.1 Å². The summed E-state index contributed by atoms with van der Waals surface area (Å²) in [5.41, 5.74) is -13.2. The van der Waals surface area contributed by atoms with Gasteiger partial charge in [0, 0.05) is 27.3 Å². The first-order valence-corrected chi connectivity index (χ1v) is 14.6. The van der Waals surface area contributed by atoms with E-state index in [0.29, 0.717) is 0 Å². The van der Waals surface area contributed by atoms with Crippen molar-refractivity contribution in [3.8, 4) is 44.9 Å². The van der Waals surface area contributed by atoms with Gasteiger partial charge in [-0.3, -0.25) is 0 Å². The Kier molecular flexibility index (Phi) is 2.28. The number of hydrogen-bond acceptors (Lipinski definition) is 2. The Labute approximate surface area is 322 Å². The van der Waals surface area contributed by atoms with Gasteiger partial charge in [0.2, 0.25) is 0 Å². The van der Waals surface area contributed by atoms with E-state index in [4.69, 9.17) is 29.7 Å². The molecule has 2 nitrogen and oxygen atoms in total. The molecule has 1 unspecified atom stereocenters. The summed E-state index contributed by atoms with van der Waals surface area (Å²) in [6.45, 7) is 0. The van der Waals surface area contributed by atoms with Crippen LogP contribution in [0.3, 0.4) is 0 Å². The molecule has 1 aliphatic carbocycles. The SMILES string of the molecule is [2H]c1c([2H])c([2H])c(C2(c3c([2H])c([2H])c([2H])c4c3oc3c([2H])c([2H])c([2H])c([2H])c34)c3c([2H])c([2H])c([2H])c([2H])c3-c3c([2H])c([2H])c(-c4c([2H])c([2H])c5c(c4[2H])-c4c([2H])c([2H])c([2H])c6c([2H])c([2H])c([2H])c(c46)O5)c([2H])c32)c([2H])c1[2H]. The first-order chi connectivity index (χ1) is 36.0. The minimum atomic E-state index is -3.30. The molecular weight excluding hydrogens is 597 g/mol. The fourth-order valence-corrected chi connectivity index (χ4v) is 6.64. The van der Waals surface area contributed by atoms with Gasteiger partial charge in [0.25, 0.3) is 0 Å². The zero-order valence-electron chi connectivity index (χ0n) is 52.3. The lowest BCUT2D eigenvalue weighted by atomic mass is 9.67. The highest BCUT2D eigenvalue weighted by Gasteiger charge is 2.47. The normalized spacial score (nSPS) is 23.6. The fourth-order valence-electron chi connectivity index (χ4n) is 6.64. The van der Waals surface area contributed by atoms with E-state index in [-0.39, 0.29) is 5.39 Å². The highest BCUT2D eigenvalue weighted by molar-refractivity contribution is 6.08. The Morgan fingerprint density at radius 1 is 0.449 bits per heavy atom. The second-order valence-corrected chi connectivity index (χ2v) is 11.0. The molecule has 8 aromatic carbocycles. The Hall–Kier alpha value is -6.38. The average molecular weight is 653 g/mol. The van der Waals surface area contributed by atoms with Crippen LogP contribution in [0.5, 0.6) is 11.5 Å². The second kappa shape index (κ2) is 9.82. The zero-order valence-corrected chi connectivity index (χ0v) is 24.3. The van der Waals surface area contributed by atoms with Gasteiger partial charge in [-0.05, 0) is 80.1 Å². The first kappa shape index (κ1) is 11.4. The molecule has 0 saturated heterocycles. The lowest BCUT2D eigenvalue weighted by molar-refractivity contribution is 0.487. The van der Waals surface area contributed by atoms with Crippen molar-refractivity contribution in [3.63, 3.8) is 0 Å². The smallest absolute Gasteiger partial charge is 0.140 e. The highest BCUT2D eigenvalue weighted by atomic mass is 16.5. The molecule has 1 atom stereocenters. The Morgan fingerprint density at radius 2 is 1.14 bits per heavy atom. The van der Waals surface area contributed by atoms with Crippen molar-refractivity contribution in [1.82, 2.24) is 0 Å². The predicted octanol–water partition coefficient (Wildman–Crippen LogP) is 12.5. The van der Waals surface area contributed by atoms with Gasteiger partial charge < -0.3 is 9.15 Å². The minimum absolute atomic E-state index is 0.388. The summed E-state index contributed by atoms with van der Waals surface area (Å²) in [7, 11) is 0.